The normalized spacial score (nSPS) is 33.3. The van der Waals surface area contributed by atoms with E-state index in [1.54, 1.807) is 0 Å². The number of carbonyl (C=O) groups excluding carboxylic acids is 1. The van der Waals surface area contributed by atoms with Gasteiger partial charge in [0.15, 0.2) is 0 Å². The Balaban J connectivity index is 2.72. The van der Waals surface area contributed by atoms with Crippen LogP contribution in [-0.4, -0.2) is 65.3 Å². The molecular weight excluding hydrogens is 268 g/mol. The highest BCUT2D eigenvalue weighted by Crippen LogP contribution is 2.27. The molecule has 0 aliphatic heterocycles. The number of nitrogens with one attached hydrogen (secondary N) is 1. The van der Waals surface area contributed by atoms with Gasteiger partial charge in [0, 0.05) is 30.9 Å². The SMILES string of the molecule is CC(=O)N[C@H]1[C@@H](O)[C@@H](O)[C@H](CO)C[C@H]1OCCN=[N+]=[N-]. The van der Waals surface area contributed by atoms with E-state index in [0.29, 0.717) is 0 Å². The monoisotopic (exact) mass is 288 g/mol. The molecule has 1 fully saturated rings. The molecule has 0 radical (unpaired) electrons. The lowest BCUT2D eigenvalue weighted by molar-refractivity contribution is -0.141. The fraction of sp³-hybridized carbons (Fsp3) is 0.909. The van der Waals surface area contributed by atoms with Gasteiger partial charge in [0.1, 0.15) is 6.10 Å². The summed E-state index contributed by atoms with van der Waals surface area (Å²) in [6.07, 6.45) is -2.64. The fourth-order valence-corrected chi connectivity index (χ4v) is 2.35. The number of azide groups is 1. The van der Waals surface area contributed by atoms with E-state index < -0.39 is 30.3 Å². The lowest BCUT2D eigenvalue weighted by Crippen LogP contribution is -2.61. The molecule has 1 saturated carbocycles. The first-order valence-electron chi connectivity index (χ1n) is 6.37. The molecule has 1 aliphatic rings. The molecule has 9 heteroatoms. The van der Waals surface area contributed by atoms with Crippen molar-refractivity contribution in [1.29, 1.82) is 0 Å². The van der Waals surface area contributed by atoms with E-state index in [-0.39, 0.29) is 32.1 Å². The van der Waals surface area contributed by atoms with E-state index in [1.807, 2.05) is 0 Å². The molecular formula is C11H20N4O5. The van der Waals surface area contributed by atoms with Crippen molar-refractivity contribution in [3.63, 3.8) is 0 Å². The predicted octanol–water partition coefficient (Wildman–Crippen LogP) is -1.08. The molecule has 0 bridgehead atoms. The van der Waals surface area contributed by atoms with Gasteiger partial charge in [-0.3, -0.25) is 4.79 Å². The van der Waals surface area contributed by atoms with Crippen LogP contribution in [0.15, 0.2) is 5.11 Å². The molecule has 5 atom stereocenters. The van der Waals surface area contributed by atoms with Crippen molar-refractivity contribution in [3.8, 4) is 0 Å². The molecule has 9 nitrogen and oxygen atoms in total. The third-order valence-electron chi connectivity index (χ3n) is 3.33. The van der Waals surface area contributed by atoms with Crippen LogP contribution in [-0.2, 0) is 9.53 Å². The number of hydrogen-bond acceptors (Lipinski definition) is 6. The van der Waals surface area contributed by atoms with Crippen LogP contribution in [0, 0.1) is 5.92 Å². The van der Waals surface area contributed by atoms with Crippen molar-refractivity contribution >= 4 is 5.91 Å². The minimum Gasteiger partial charge on any atom is -0.396 e. The van der Waals surface area contributed by atoms with E-state index in [1.165, 1.54) is 6.92 Å². The molecule has 4 N–H and O–H groups in total. The Morgan fingerprint density at radius 2 is 2.20 bits per heavy atom. The molecule has 0 aromatic carbocycles. The highest BCUT2D eigenvalue weighted by Gasteiger charge is 2.44. The zero-order chi connectivity index (χ0) is 15.1. The highest BCUT2D eigenvalue weighted by molar-refractivity contribution is 5.73. The third kappa shape index (κ3) is 4.32. The van der Waals surface area contributed by atoms with Crippen molar-refractivity contribution in [3.05, 3.63) is 10.4 Å². The van der Waals surface area contributed by atoms with Gasteiger partial charge in [-0.25, -0.2) is 0 Å². The summed E-state index contributed by atoms with van der Waals surface area (Å²) in [7, 11) is 0. The number of aliphatic hydroxyl groups is 3. The van der Waals surface area contributed by atoms with Crippen LogP contribution in [0.5, 0.6) is 0 Å². The summed E-state index contributed by atoms with van der Waals surface area (Å²) < 4.78 is 5.49. The van der Waals surface area contributed by atoms with E-state index in [0.717, 1.165) is 0 Å². The molecule has 0 aromatic heterocycles. The molecule has 0 spiro atoms. The van der Waals surface area contributed by atoms with Gasteiger partial charge in [-0.2, -0.15) is 0 Å². The summed E-state index contributed by atoms with van der Waals surface area (Å²) in [6, 6.07) is -0.767. The van der Waals surface area contributed by atoms with Crippen LogP contribution in [0.3, 0.4) is 0 Å². The quantitative estimate of drug-likeness (QED) is 0.212. The van der Waals surface area contributed by atoms with Gasteiger partial charge in [-0.15, -0.1) is 0 Å². The first-order valence-corrected chi connectivity index (χ1v) is 6.37. The van der Waals surface area contributed by atoms with Crippen LogP contribution in [0.25, 0.3) is 10.4 Å². The smallest absolute Gasteiger partial charge is 0.217 e. The Labute approximate surface area is 116 Å². The molecule has 0 saturated heterocycles. The number of carbonyl (C=O) groups is 1. The Morgan fingerprint density at radius 1 is 1.50 bits per heavy atom. The second kappa shape index (κ2) is 8.03. The lowest BCUT2D eigenvalue weighted by atomic mass is 9.79. The Bertz CT molecular complexity index is 374. The maximum atomic E-state index is 11.2. The van der Waals surface area contributed by atoms with E-state index in [4.69, 9.17) is 10.3 Å². The van der Waals surface area contributed by atoms with Crippen LogP contribution < -0.4 is 5.32 Å². The van der Waals surface area contributed by atoms with E-state index in [2.05, 4.69) is 15.3 Å². The second-order valence-corrected chi connectivity index (χ2v) is 4.75. The zero-order valence-electron chi connectivity index (χ0n) is 11.2. The molecule has 114 valence electrons. The first kappa shape index (κ1) is 16.7. The summed E-state index contributed by atoms with van der Waals surface area (Å²) in [5.41, 5.74) is 8.17. The zero-order valence-corrected chi connectivity index (χ0v) is 11.2. The average molecular weight is 288 g/mol. The van der Waals surface area contributed by atoms with Crippen LogP contribution in [0.4, 0.5) is 0 Å². The molecule has 1 aliphatic carbocycles. The highest BCUT2D eigenvalue weighted by atomic mass is 16.5. The summed E-state index contributed by atoms with van der Waals surface area (Å²) in [4.78, 5) is 13.8. The van der Waals surface area contributed by atoms with Gasteiger partial charge in [0.25, 0.3) is 0 Å². The average Bonchev–Trinajstić information content (AvgIpc) is 2.41. The minimum absolute atomic E-state index is 0.127. The lowest BCUT2D eigenvalue weighted by Gasteiger charge is -2.42. The standard InChI is InChI=1S/C11H20N4O5/c1-6(17)14-9-8(20-3-2-13-15-12)4-7(5-16)10(18)11(9)19/h7-11,16,18-19H,2-5H2,1H3,(H,14,17)/t7-,8+,9+,10-,11+/m0/s1. The molecule has 20 heavy (non-hydrogen) atoms. The molecule has 0 heterocycles. The number of amides is 1. The third-order valence-corrected chi connectivity index (χ3v) is 3.33. The molecule has 0 unspecified atom stereocenters. The maximum Gasteiger partial charge on any atom is 0.217 e. The van der Waals surface area contributed by atoms with Crippen molar-refractivity contribution in [2.75, 3.05) is 19.8 Å². The largest absolute Gasteiger partial charge is 0.396 e. The second-order valence-electron chi connectivity index (χ2n) is 4.75. The van der Waals surface area contributed by atoms with Crippen molar-refractivity contribution < 1.29 is 24.9 Å². The number of aliphatic hydroxyl groups excluding tert-OH is 3. The summed E-state index contributed by atoms with van der Waals surface area (Å²) >= 11 is 0. The molecule has 0 aromatic rings. The first-order chi connectivity index (χ1) is 9.51. The van der Waals surface area contributed by atoms with Crippen LogP contribution >= 0.6 is 0 Å². The topological polar surface area (TPSA) is 148 Å². The summed E-state index contributed by atoms with van der Waals surface area (Å²) in [5, 5.41) is 34.9. The van der Waals surface area contributed by atoms with Gasteiger partial charge in [-0.05, 0) is 12.0 Å². The predicted molar refractivity (Wildman–Crippen MR) is 68.6 cm³/mol. The number of ether oxygens (including phenoxy) is 1. The Kier molecular flexibility index (Phi) is 6.69. The van der Waals surface area contributed by atoms with Crippen molar-refractivity contribution in [2.45, 2.75) is 37.7 Å². The summed E-state index contributed by atoms with van der Waals surface area (Å²) in [6.45, 7) is 1.27. The fourth-order valence-electron chi connectivity index (χ4n) is 2.35. The van der Waals surface area contributed by atoms with Gasteiger partial charge in [0.05, 0.1) is 24.9 Å². The van der Waals surface area contributed by atoms with Crippen molar-refractivity contribution in [2.24, 2.45) is 11.0 Å². The summed E-state index contributed by atoms with van der Waals surface area (Å²) in [5.74, 6) is -0.883. The van der Waals surface area contributed by atoms with Gasteiger partial charge in [-0.1, -0.05) is 5.11 Å². The van der Waals surface area contributed by atoms with Gasteiger partial charge in [0.2, 0.25) is 5.91 Å². The van der Waals surface area contributed by atoms with Gasteiger partial charge >= 0.3 is 0 Å². The van der Waals surface area contributed by atoms with Crippen LogP contribution in [0.2, 0.25) is 0 Å². The maximum absolute atomic E-state index is 11.2. The minimum atomic E-state index is -1.23. The number of hydrogen-bond donors (Lipinski definition) is 4. The van der Waals surface area contributed by atoms with E-state index in [9.17, 15) is 20.1 Å². The molecule has 1 amide bonds. The number of rotatable bonds is 6. The van der Waals surface area contributed by atoms with Gasteiger partial charge < -0.3 is 25.4 Å². The Morgan fingerprint density at radius 3 is 2.75 bits per heavy atom. The van der Waals surface area contributed by atoms with E-state index >= 15 is 0 Å². The van der Waals surface area contributed by atoms with Crippen LogP contribution in [0.1, 0.15) is 13.3 Å². The Hall–Kier alpha value is -1.38. The number of nitrogens with zero attached hydrogens (tertiary/aromatic N) is 3. The molecule has 1 rings (SSSR count). The van der Waals surface area contributed by atoms with Crippen molar-refractivity contribution in [1.82, 2.24) is 5.32 Å².